The van der Waals surface area contributed by atoms with Crippen LogP contribution in [0.5, 0.6) is 0 Å². The van der Waals surface area contributed by atoms with Gasteiger partial charge < -0.3 is 15.1 Å². The Kier molecular flexibility index (Phi) is 9.45. The summed E-state index contributed by atoms with van der Waals surface area (Å²) in [6.45, 7) is 17.4. The maximum absolute atomic E-state index is 12.8. The standard InChI is InChI=1S/C24H29N5.C9H11F/c1-18(17-28-20(3)29(25)24-13-8-7-12-23(24)28)27-15-9-14-22(27)19(2)26-16-21-10-5-4-6-11-21;1-2-5-8-6-3-4-7-9(8)10/h4-8,10-13,22,26H,1-3,9,14-17,25H2;3-4,6-7H,2,5H2,1H3. The summed E-state index contributed by atoms with van der Waals surface area (Å²) in [5.41, 5.74) is 6.22. The summed E-state index contributed by atoms with van der Waals surface area (Å²) >= 11 is 0. The summed E-state index contributed by atoms with van der Waals surface area (Å²) in [7, 11) is 0. The average molecular weight is 526 g/mol. The van der Waals surface area contributed by atoms with E-state index in [1.807, 2.05) is 43.3 Å². The molecule has 0 amide bonds. The number of rotatable bonds is 9. The van der Waals surface area contributed by atoms with Crippen LogP contribution in [0.15, 0.2) is 116 Å². The van der Waals surface area contributed by atoms with Crippen LogP contribution in [0.3, 0.4) is 0 Å². The molecule has 3 N–H and O–H groups in total. The lowest BCUT2D eigenvalue weighted by Gasteiger charge is -2.33. The molecule has 1 fully saturated rings. The number of benzene rings is 3. The van der Waals surface area contributed by atoms with Crippen molar-refractivity contribution in [2.45, 2.75) is 45.2 Å². The number of para-hydroxylation sites is 2. The smallest absolute Gasteiger partial charge is 0.126 e. The highest BCUT2D eigenvalue weighted by Crippen LogP contribution is 2.39. The number of fused-ring (bicyclic) bond motifs is 1. The summed E-state index contributed by atoms with van der Waals surface area (Å²) in [5.74, 6) is 6.89. The van der Waals surface area contributed by atoms with Gasteiger partial charge in [0.15, 0.2) is 0 Å². The van der Waals surface area contributed by atoms with Gasteiger partial charge in [0.05, 0.1) is 24.0 Å². The largest absolute Gasteiger partial charge is 0.383 e. The van der Waals surface area contributed by atoms with E-state index in [0.717, 1.165) is 72.9 Å². The van der Waals surface area contributed by atoms with Crippen LogP contribution in [0.4, 0.5) is 15.8 Å². The van der Waals surface area contributed by atoms with Crippen LogP contribution in [-0.2, 0) is 13.0 Å². The van der Waals surface area contributed by atoms with Gasteiger partial charge in [0.1, 0.15) is 11.6 Å². The molecule has 204 valence electrons. The third-order valence-electron chi connectivity index (χ3n) is 7.26. The van der Waals surface area contributed by atoms with Crippen LogP contribution >= 0.6 is 0 Å². The molecular weight excluding hydrogens is 485 g/mol. The van der Waals surface area contributed by atoms with E-state index >= 15 is 0 Å². The van der Waals surface area contributed by atoms with Gasteiger partial charge >= 0.3 is 0 Å². The molecule has 0 aromatic heterocycles. The Morgan fingerprint density at radius 3 is 2.36 bits per heavy atom. The third-order valence-corrected chi connectivity index (χ3v) is 7.26. The van der Waals surface area contributed by atoms with Crippen molar-refractivity contribution >= 4 is 11.4 Å². The Morgan fingerprint density at radius 2 is 1.64 bits per heavy atom. The first kappa shape index (κ1) is 28.0. The predicted octanol–water partition coefficient (Wildman–Crippen LogP) is 6.72. The van der Waals surface area contributed by atoms with Crippen LogP contribution in [0.1, 0.15) is 37.3 Å². The average Bonchev–Trinajstić information content (AvgIpc) is 3.54. The molecule has 1 atom stereocenters. The fourth-order valence-corrected chi connectivity index (χ4v) is 5.16. The van der Waals surface area contributed by atoms with Gasteiger partial charge in [-0.2, -0.15) is 0 Å². The fraction of sp³-hybridized carbons (Fsp3) is 0.273. The Labute approximate surface area is 232 Å². The second kappa shape index (κ2) is 13.2. The first-order valence-electron chi connectivity index (χ1n) is 13.7. The number of hydrogen-bond donors (Lipinski definition) is 2. The molecule has 3 aromatic rings. The van der Waals surface area contributed by atoms with Gasteiger partial charge in [-0.05, 0) is 48.6 Å². The molecule has 0 radical (unpaired) electrons. The molecule has 1 unspecified atom stereocenters. The zero-order valence-electron chi connectivity index (χ0n) is 23.0. The van der Waals surface area contributed by atoms with E-state index in [1.54, 1.807) is 11.1 Å². The van der Waals surface area contributed by atoms with E-state index in [1.165, 1.54) is 11.6 Å². The van der Waals surface area contributed by atoms with Gasteiger partial charge in [-0.25, -0.2) is 10.2 Å². The third kappa shape index (κ3) is 6.70. The molecule has 0 bridgehead atoms. The summed E-state index contributed by atoms with van der Waals surface area (Å²) in [6.07, 6.45) is 4.06. The molecule has 5 nitrogen and oxygen atoms in total. The van der Waals surface area contributed by atoms with Crippen LogP contribution in [0.25, 0.3) is 0 Å². The Morgan fingerprint density at radius 1 is 0.974 bits per heavy atom. The summed E-state index contributed by atoms with van der Waals surface area (Å²) in [6, 6.07) is 25.7. The van der Waals surface area contributed by atoms with Crippen LogP contribution in [-0.4, -0.2) is 24.0 Å². The van der Waals surface area contributed by atoms with Gasteiger partial charge in [-0.3, -0.25) is 5.01 Å². The molecule has 3 aromatic carbocycles. The van der Waals surface area contributed by atoms with Crippen molar-refractivity contribution in [1.29, 1.82) is 0 Å². The van der Waals surface area contributed by atoms with Crippen molar-refractivity contribution in [3.63, 3.8) is 0 Å². The first-order valence-corrected chi connectivity index (χ1v) is 13.7. The predicted molar refractivity (Wildman–Crippen MR) is 161 cm³/mol. The molecule has 0 spiro atoms. The highest BCUT2D eigenvalue weighted by molar-refractivity contribution is 5.81. The SMILES string of the molecule is C=C(NCc1ccccc1)C1CCCN1C(=C)CN1C(=C)N(N)c2ccccc21.CCCc1ccccc1F. The van der Waals surface area contributed by atoms with Gasteiger partial charge in [-0.15, -0.1) is 0 Å². The molecule has 6 heteroatoms. The number of nitrogens with zero attached hydrogens (tertiary/aromatic N) is 3. The highest BCUT2D eigenvalue weighted by atomic mass is 19.1. The Hall–Kier alpha value is -4.03. The van der Waals surface area contributed by atoms with Gasteiger partial charge in [0.25, 0.3) is 0 Å². The zero-order chi connectivity index (χ0) is 27.8. The number of nitrogens with two attached hydrogens (primary N) is 1. The minimum atomic E-state index is -0.0793. The van der Waals surface area contributed by atoms with Crippen molar-refractivity contribution in [3.05, 3.63) is 133 Å². The quantitative estimate of drug-likeness (QED) is 0.304. The molecule has 5 rings (SSSR count). The maximum Gasteiger partial charge on any atom is 0.126 e. The molecule has 1 saturated heterocycles. The number of hydrogen-bond acceptors (Lipinski definition) is 5. The van der Waals surface area contributed by atoms with E-state index in [-0.39, 0.29) is 11.9 Å². The summed E-state index contributed by atoms with van der Waals surface area (Å²) < 4.78 is 12.8. The van der Waals surface area contributed by atoms with Crippen molar-refractivity contribution in [2.75, 3.05) is 23.0 Å². The van der Waals surface area contributed by atoms with Gasteiger partial charge in [0, 0.05) is 24.5 Å². The van der Waals surface area contributed by atoms with Crippen LogP contribution < -0.4 is 21.1 Å². The summed E-state index contributed by atoms with van der Waals surface area (Å²) in [5, 5.41) is 5.16. The van der Waals surface area contributed by atoms with Gasteiger partial charge in [-0.1, -0.05) is 93.7 Å². The van der Waals surface area contributed by atoms with E-state index in [2.05, 4.69) is 65.2 Å². The lowest BCUT2D eigenvalue weighted by molar-refractivity contribution is 0.339. The molecule has 39 heavy (non-hydrogen) atoms. The van der Waals surface area contributed by atoms with E-state index in [0.29, 0.717) is 6.54 Å². The van der Waals surface area contributed by atoms with Crippen molar-refractivity contribution in [2.24, 2.45) is 5.84 Å². The maximum atomic E-state index is 12.8. The zero-order valence-corrected chi connectivity index (χ0v) is 23.0. The highest BCUT2D eigenvalue weighted by Gasteiger charge is 2.32. The minimum absolute atomic E-state index is 0.0793. The number of hydrazine groups is 1. The topological polar surface area (TPSA) is 47.8 Å². The number of likely N-dealkylation sites (tertiary alicyclic amines) is 1. The number of aryl methyl sites for hydroxylation is 1. The van der Waals surface area contributed by atoms with Crippen LogP contribution in [0, 0.1) is 5.82 Å². The van der Waals surface area contributed by atoms with E-state index in [9.17, 15) is 4.39 Å². The van der Waals surface area contributed by atoms with Gasteiger partial charge in [0.2, 0.25) is 0 Å². The molecule has 0 saturated carbocycles. The van der Waals surface area contributed by atoms with E-state index in [4.69, 9.17) is 5.84 Å². The van der Waals surface area contributed by atoms with Crippen molar-refractivity contribution < 1.29 is 4.39 Å². The second-order valence-electron chi connectivity index (χ2n) is 9.98. The number of halogens is 1. The Bertz CT molecular complexity index is 1290. The second-order valence-corrected chi connectivity index (χ2v) is 9.98. The summed E-state index contributed by atoms with van der Waals surface area (Å²) in [4.78, 5) is 4.50. The van der Waals surface area contributed by atoms with E-state index < -0.39 is 0 Å². The lowest BCUT2D eigenvalue weighted by Crippen LogP contribution is -2.39. The fourth-order valence-electron chi connectivity index (χ4n) is 5.16. The molecule has 2 aliphatic rings. The first-order chi connectivity index (χ1) is 18.9. The number of nitrogens with one attached hydrogen (secondary N) is 1. The molecule has 2 heterocycles. The van der Waals surface area contributed by atoms with Crippen molar-refractivity contribution in [3.8, 4) is 0 Å². The Balaban J connectivity index is 0.000000298. The normalized spacial score (nSPS) is 16.0. The molecule has 2 aliphatic heterocycles. The molecule has 0 aliphatic carbocycles. The van der Waals surface area contributed by atoms with Crippen molar-refractivity contribution in [1.82, 2.24) is 10.2 Å². The lowest BCUT2D eigenvalue weighted by atomic mass is 10.1. The number of anilines is 2. The minimum Gasteiger partial charge on any atom is -0.383 e. The molecular formula is C33H40FN5. The van der Waals surface area contributed by atoms with Crippen LogP contribution in [0.2, 0.25) is 0 Å². The monoisotopic (exact) mass is 525 g/mol.